The van der Waals surface area contributed by atoms with Crippen LogP contribution in [-0.2, 0) is 0 Å². The predicted octanol–water partition coefficient (Wildman–Crippen LogP) is 1.93. The maximum absolute atomic E-state index is 12.3. The minimum Gasteiger partial charge on any atom is -0.478 e. The molecule has 1 aliphatic rings. The van der Waals surface area contributed by atoms with Gasteiger partial charge in [0.2, 0.25) is 5.88 Å². The molecule has 2 amide bonds. The van der Waals surface area contributed by atoms with Crippen molar-refractivity contribution in [3.8, 4) is 5.88 Å². The van der Waals surface area contributed by atoms with E-state index in [2.05, 4.69) is 9.88 Å². The molecule has 0 N–H and O–H groups in total. The van der Waals surface area contributed by atoms with E-state index >= 15 is 0 Å². The largest absolute Gasteiger partial charge is 0.478 e. The van der Waals surface area contributed by atoms with Gasteiger partial charge in [-0.1, -0.05) is 6.07 Å². The molecule has 1 aliphatic heterocycles. The number of urea groups is 1. The highest BCUT2D eigenvalue weighted by Crippen LogP contribution is 2.07. The third kappa shape index (κ3) is 5.39. The molecule has 23 heavy (non-hydrogen) atoms. The van der Waals surface area contributed by atoms with E-state index in [1.165, 1.54) is 0 Å². The van der Waals surface area contributed by atoms with Gasteiger partial charge in [-0.05, 0) is 26.3 Å². The van der Waals surface area contributed by atoms with Crippen LogP contribution >= 0.6 is 0 Å². The predicted molar refractivity (Wildman–Crippen MR) is 90.7 cm³/mol. The van der Waals surface area contributed by atoms with Crippen LogP contribution in [0.5, 0.6) is 5.88 Å². The molecule has 2 rings (SSSR count). The summed E-state index contributed by atoms with van der Waals surface area (Å²) in [6.07, 6.45) is 2.71. The summed E-state index contributed by atoms with van der Waals surface area (Å²) in [5.41, 5.74) is 0. The van der Waals surface area contributed by atoms with Crippen molar-refractivity contribution < 1.29 is 9.53 Å². The van der Waals surface area contributed by atoms with Crippen molar-refractivity contribution >= 4 is 6.03 Å². The molecule has 0 spiro atoms. The molecule has 0 aliphatic carbocycles. The SMILES string of the molecule is CCN(CC)C(=O)N1CCN(CCCOc2ccccn2)CC1. The zero-order valence-electron chi connectivity index (χ0n) is 14.3. The average molecular weight is 320 g/mol. The lowest BCUT2D eigenvalue weighted by Crippen LogP contribution is -2.52. The highest BCUT2D eigenvalue weighted by Gasteiger charge is 2.23. The fraction of sp³-hybridized carbons (Fsp3) is 0.647. The number of carbonyl (C=O) groups is 1. The number of hydrogen-bond acceptors (Lipinski definition) is 4. The Bertz CT molecular complexity index is 457. The number of aromatic nitrogens is 1. The zero-order chi connectivity index (χ0) is 16.5. The van der Waals surface area contributed by atoms with Crippen LogP contribution in [0.2, 0.25) is 0 Å². The number of nitrogens with zero attached hydrogens (tertiary/aromatic N) is 4. The summed E-state index contributed by atoms with van der Waals surface area (Å²) >= 11 is 0. The van der Waals surface area contributed by atoms with E-state index in [0.29, 0.717) is 12.5 Å². The van der Waals surface area contributed by atoms with Gasteiger partial charge in [-0.3, -0.25) is 4.90 Å². The summed E-state index contributed by atoms with van der Waals surface area (Å²) in [5, 5.41) is 0. The first kappa shape index (κ1) is 17.5. The summed E-state index contributed by atoms with van der Waals surface area (Å²) < 4.78 is 5.61. The highest BCUT2D eigenvalue weighted by atomic mass is 16.5. The third-order valence-electron chi connectivity index (χ3n) is 4.18. The lowest BCUT2D eigenvalue weighted by atomic mass is 10.3. The van der Waals surface area contributed by atoms with E-state index in [9.17, 15) is 4.79 Å². The number of pyridine rings is 1. The quantitative estimate of drug-likeness (QED) is 0.720. The van der Waals surface area contributed by atoms with Gasteiger partial charge in [0.05, 0.1) is 6.61 Å². The molecule has 0 aromatic carbocycles. The lowest BCUT2D eigenvalue weighted by molar-refractivity contribution is 0.112. The van der Waals surface area contributed by atoms with Crippen molar-refractivity contribution in [2.24, 2.45) is 0 Å². The molecule has 1 fully saturated rings. The maximum Gasteiger partial charge on any atom is 0.320 e. The van der Waals surface area contributed by atoms with Crippen molar-refractivity contribution in [3.63, 3.8) is 0 Å². The first-order valence-corrected chi connectivity index (χ1v) is 8.54. The molecular formula is C17H28N4O2. The topological polar surface area (TPSA) is 48.9 Å². The third-order valence-corrected chi connectivity index (χ3v) is 4.18. The number of piperazine rings is 1. The van der Waals surface area contributed by atoms with Gasteiger partial charge in [-0.2, -0.15) is 0 Å². The molecular weight excluding hydrogens is 292 g/mol. The molecule has 6 nitrogen and oxygen atoms in total. The van der Waals surface area contributed by atoms with E-state index in [1.54, 1.807) is 6.20 Å². The fourth-order valence-electron chi connectivity index (χ4n) is 2.75. The first-order valence-electron chi connectivity index (χ1n) is 8.54. The van der Waals surface area contributed by atoms with Crippen LogP contribution in [0.3, 0.4) is 0 Å². The van der Waals surface area contributed by atoms with E-state index < -0.39 is 0 Å². The highest BCUT2D eigenvalue weighted by molar-refractivity contribution is 5.74. The fourth-order valence-corrected chi connectivity index (χ4v) is 2.75. The number of rotatable bonds is 7. The molecule has 1 aromatic rings. The van der Waals surface area contributed by atoms with Crippen LogP contribution in [0, 0.1) is 0 Å². The van der Waals surface area contributed by atoms with Gasteiger partial charge < -0.3 is 14.5 Å². The minimum atomic E-state index is 0.174. The standard InChI is InChI=1S/C17H28N4O2/c1-3-20(4-2)17(22)21-13-11-19(12-14-21)10-7-15-23-16-8-5-6-9-18-16/h5-6,8-9H,3-4,7,10-15H2,1-2H3. The van der Waals surface area contributed by atoms with E-state index in [4.69, 9.17) is 4.74 Å². The monoisotopic (exact) mass is 320 g/mol. The molecule has 1 aromatic heterocycles. The van der Waals surface area contributed by atoms with Crippen LogP contribution in [-0.4, -0.2) is 78.1 Å². The number of hydrogen-bond donors (Lipinski definition) is 0. The van der Waals surface area contributed by atoms with Gasteiger partial charge in [-0.25, -0.2) is 9.78 Å². The summed E-state index contributed by atoms with van der Waals surface area (Å²) in [5.74, 6) is 0.683. The Morgan fingerprint density at radius 3 is 2.57 bits per heavy atom. The van der Waals surface area contributed by atoms with Gasteiger partial charge in [0.1, 0.15) is 0 Å². The van der Waals surface area contributed by atoms with Gasteiger partial charge >= 0.3 is 6.03 Å². The van der Waals surface area contributed by atoms with E-state index in [0.717, 1.165) is 52.2 Å². The minimum absolute atomic E-state index is 0.174. The second-order valence-electron chi connectivity index (χ2n) is 5.65. The van der Waals surface area contributed by atoms with Crippen LogP contribution in [0.4, 0.5) is 4.79 Å². The average Bonchev–Trinajstić information content (AvgIpc) is 2.61. The lowest BCUT2D eigenvalue weighted by Gasteiger charge is -2.37. The van der Waals surface area contributed by atoms with Crippen molar-refractivity contribution in [3.05, 3.63) is 24.4 Å². The Labute approximate surface area is 139 Å². The zero-order valence-corrected chi connectivity index (χ0v) is 14.3. The molecule has 0 saturated carbocycles. The maximum atomic E-state index is 12.3. The van der Waals surface area contributed by atoms with Crippen LogP contribution < -0.4 is 4.74 Å². The summed E-state index contributed by atoms with van der Waals surface area (Å²) in [6, 6.07) is 5.85. The van der Waals surface area contributed by atoms with Gasteiger partial charge in [-0.15, -0.1) is 0 Å². The number of ether oxygens (including phenoxy) is 1. The molecule has 6 heteroatoms. The molecule has 1 saturated heterocycles. The molecule has 0 radical (unpaired) electrons. The number of carbonyl (C=O) groups excluding carboxylic acids is 1. The van der Waals surface area contributed by atoms with Crippen LogP contribution in [0.25, 0.3) is 0 Å². The molecule has 0 atom stereocenters. The van der Waals surface area contributed by atoms with Crippen molar-refractivity contribution in [1.82, 2.24) is 19.7 Å². The van der Waals surface area contributed by atoms with Gasteiger partial charge in [0, 0.05) is 58.1 Å². The second-order valence-corrected chi connectivity index (χ2v) is 5.65. The Hall–Kier alpha value is -1.82. The van der Waals surface area contributed by atoms with Gasteiger partial charge in [0.25, 0.3) is 0 Å². The normalized spacial score (nSPS) is 15.5. The molecule has 0 bridgehead atoms. The molecule has 0 unspecified atom stereocenters. The van der Waals surface area contributed by atoms with E-state index in [-0.39, 0.29) is 6.03 Å². The van der Waals surface area contributed by atoms with E-state index in [1.807, 2.05) is 41.8 Å². The summed E-state index contributed by atoms with van der Waals surface area (Å²) in [6.45, 7) is 10.8. The Morgan fingerprint density at radius 2 is 1.96 bits per heavy atom. The van der Waals surface area contributed by atoms with Crippen molar-refractivity contribution in [1.29, 1.82) is 0 Å². The van der Waals surface area contributed by atoms with Crippen molar-refractivity contribution in [2.75, 3.05) is 52.4 Å². The Kier molecular flexibility index (Phi) is 7.13. The number of amides is 2. The van der Waals surface area contributed by atoms with Gasteiger partial charge in [0.15, 0.2) is 0 Å². The summed E-state index contributed by atoms with van der Waals surface area (Å²) in [7, 11) is 0. The molecule has 128 valence electrons. The van der Waals surface area contributed by atoms with Crippen LogP contribution in [0.1, 0.15) is 20.3 Å². The van der Waals surface area contributed by atoms with Crippen molar-refractivity contribution in [2.45, 2.75) is 20.3 Å². The molecule has 2 heterocycles. The second kappa shape index (κ2) is 9.35. The smallest absolute Gasteiger partial charge is 0.320 e. The van der Waals surface area contributed by atoms with Crippen LogP contribution in [0.15, 0.2) is 24.4 Å². The Morgan fingerprint density at radius 1 is 1.22 bits per heavy atom. The summed E-state index contributed by atoms with van der Waals surface area (Å²) in [4.78, 5) is 22.7. The first-order chi connectivity index (χ1) is 11.2. The Balaban J connectivity index is 1.62.